The lowest BCUT2D eigenvalue weighted by Gasteiger charge is -2.28. The van der Waals surface area contributed by atoms with E-state index in [0.717, 1.165) is 35.4 Å². The summed E-state index contributed by atoms with van der Waals surface area (Å²) in [6, 6.07) is 4.26. The Bertz CT molecular complexity index is 989. The molecule has 5 nitrogen and oxygen atoms in total. The van der Waals surface area contributed by atoms with E-state index in [1.807, 2.05) is 11.4 Å². The lowest BCUT2D eigenvalue weighted by atomic mass is 10.1. The average Bonchev–Trinajstić information content (AvgIpc) is 3.23. The number of nitrogens with zero attached hydrogens (tertiary/aromatic N) is 5. The number of pyridine rings is 1. The van der Waals surface area contributed by atoms with Crippen molar-refractivity contribution in [3.63, 3.8) is 0 Å². The Morgan fingerprint density at radius 3 is 3.04 bits per heavy atom. The molecule has 0 amide bonds. The van der Waals surface area contributed by atoms with Crippen molar-refractivity contribution in [2.24, 2.45) is 7.05 Å². The van der Waals surface area contributed by atoms with Crippen LogP contribution >= 0.6 is 11.3 Å². The lowest BCUT2D eigenvalue weighted by molar-refractivity contribution is 0.673. The number of imidazole rings is 1. The Morgan fingerprint density at radius 2 is 2.25 bits per heavy atom. The quantitative estimate of drug-likeness (QED) is 0.721. The van der Waals surface area contributed by atoms with Crippen LogP contribution in [0, 0.1) is 11.3 Å². The van der Waals surface area contributed by atoms with Crippen molar-refractivity contribution in [3.05, 3.63) is 40.4 Å². The summed E-state index contributed by atoms with van der Waals surface area (Å²) in [4.78, 5) is 11.8. The van der Waals surface area contributed by atoms with Crippen molar-refractivity contribution in [1.82, 2.24) is 14.5 Å². The Kier molecular flexibility index (Phi) is 2.95. The summed E-state index contributed by atoms with van der Waals surface area (Å²) in [6.07, 6.45) is 5.26. The summed E-state index contributed by atoms with van der Waals surface area (Å²) in [7, 11) is 2.16. The Labute approximate surface area is 144 Å². The maximum absolute atomic E-state index is 9.26. The van der Waals surface area contributed by atoms with Gasteiger partial charge < -0.3 is 9.47 Å². The second-order valence-electron chi connectivity index (χ2n) is 6.64. The van der Waals surface area contributed by atoms with Crippen LogP contribution in [-0.2, 0) is 20.0 Å². The Morgan fingerprint density at radius 1 is 1.38 bits per heavy atom. The molecule has 5 rings (SSSR count). The molecule has 120 valence electrons. The van der Waals surface area contributed by atoms with Crippen molar-refractivity contribution in [2.75, 3.05) is 11.4 Å². The molecule has 1 aliphatic heterocycles. The number of nitriles is 1. The molecule has 0 saturated heterocycles. The first-order valence-corrected chi connectivity index (χ1v) is 9.20. The third-order valence-electron chi connectivity index (χ3n) is 5.13. The molecule has 0 spiro atoms. The fourth-order valence-corrected chi connectivity index (χ4v) is 4.63. The van der Waals surface area contributed by atoms with Gasteiger partial charge in [0.2, 0.25) is 0 Å². The normalized spacial score (nSPS) is 17.1. The van der Waals surface area contributed by atoms with Gasteiger partial charge in [0, 0.05) is 43.2 Å². The summed E-state index contributed by atoms with van der Waals surface area (Å²) in [6.45, 7) is 1.75. The first-order valence-electron chi connectivity index (χ1n) is 8.32. The molecule has 4 heterocycles. The van der Waals surface area contributed by atoms with Gasteiger partial charge in [0.05, 0.1) is 22.5 Å². The monoisotopic (exact) mass is 335 g/mol. The molecule has 2 aliphatic rings. The van der Waals surface area contributed by atoms with Crippen LogP contribution in [0.2, 0.25) is 0 Å². The standard InChI is InChI=1S/C18H17N5S/c1-22-15-4-6-23(10-14(15)21-17(22)11-2-3-11)18-16-13(5-7-24-16)12(8-19)9-20-18/h5,7,9,11H,2-4,6,10H2,1H3. The Balaban J connectivity index is 1.55. The third kappa shape index (κ3) is 1.98. The molecule has 6 heteroatoms. The molecule has 1 saturated carbocycles. The zero-order valence-corrected chi connectivity index (χ0v) is 14.3. The third-order valence-corrected chi connectivity index (χ3v) is 6.04. The summed E-state index contributed by atoms with van der Waals surface area (Å²) in [5, 5.41) is 12.3. The van der Waals surface area contributed by atoms with E-state index >= 15 is 0 Å². The molecular weight excluding hydrogens is 318 g/mol. The van der Waals surface area contributed by atoms with Crippen molar-refractivity contribution in [2.45, 2.75) is 31.7 Å². The SMILES string of the molecule is Cn1c(C2CC2)nc2c1CCN(c1ncc(C#N)c3ccsc13)C2. The van der Waals surface area contributed by atoms with Crippen LogP contribution in [0.5, 0.6) is 0 Å². The fraction of sp³-hybridized carbons (Fsp3) is 0.389. The minimum Gasteiger partial charge on any atom is -0.349 e. The summed E-state index contributed by atoms with van der Waals surface area (Å²) in [5.74, 6) is 2.92. The van der Waals surface area contributed by atoms with Crippen LogP contribution in [0.4, 0.5) is 5.82 Å². The van der Waals surface area contributed by atoms with Gasteiger partial charge in [-0.3, -0.25) is 0 Å². The highest BCUT2D eigenvalue weighted by Gasteiger charge is 2.32. The number of thiophene rings is 1. The van der Waals surface area contributed by atoms with E-state index < -0.39 is 0 Å². The molecule has 0 radical (unpaired) electrons. The van der Waals surface area contributed by atoms with Gasteiger partial charge >= 0.3 is 0 Å². The van der Waals surface area contributed by atoms with E-state index in [0.29, 0.717) is 11.5 Å². The van der Waals surface area contributed by atoms with Crippen LogP contribution < -0.4 is 4.90 Å². The molecule has 1 fully saturated rings. The molecule has 3 aromatic heterocycles. The molecule has 0 unspecified atom stereocenters. The topological polar surface area (TPSA) is 57.7 Å². The maximum Gasteiger partial charge on any atom is 0.146 e. The largest absolute Gasteiger partial charge is 0.349 e. The van der Waals surface area contributed by atoms with Crippen molar-refractivity contribution in [3.8, 4) is 6.07 Å². The molecule has 24 heavy (non-hydrogen) atoms. The van der Waals surface area contributed by atoms with Gasteiger partial charge in [-0.1, -0.05) is 0 Å². The number of aromatic nitrogens is 3. The smallest absolute Gasteiger partial charge is 0.146 e. The average molecular weight is 335 g/mol. The number of anilines is 1. The van der Waals surface area contributed by atoms with Gasteiger partial charge in [-0.25, -0.2) is 9.97 Å². The summed E-state index contributed by atoms with van der Waals surface area (Å²) in [5.41, 5.74) is 3.23. The van der Waals surface area contributed by atoms with E-state index in [9.17, 15) is 5.26 Å². The van der Waals surface area contributed by atoms with Gasteiger partial charge in [0.15, 0.2) is 0 Å². The highest BCUT2D eigenvalue weighted by atomic mass is 32.1. The van der Waals surface area contributed by atoms with Crippen molar-refractivity contribution >= 4 is 27.2 Å². The predicted octanol–water partition coefficient (Wildman–Crippen LogP) is 3.34. The van der Waals surface area contributed by atoms with Crippen LogP contribution in [0.25, 0.3) is 10.1 Å². The molecule has 0 atom stereocenters. The maximum atomic E-state index is 9.26. The number of fused-ring (bicyclic) bond motifs is 2. The molecule has 0 aromatic carbocycles. The van der Waals surface area contributed by atoms with E-state index in [1.165, 1.54) is 30.1 Å². The fourth-order valence-electron chi connectivity index (χ4n) is 3.70. The minimum atomic E-state index is 0.654. The zero-order valence-electron chi connectivity index (χ0n) is 13.5. The second-order valence-corrected chi connectivity index (χ2v) is 7.56. The van der Waals surface area contributed by atoms with Gasteiger partial charge in [-0.05, 0) is 24.3 Å². The van der Waals surface area contributed by atoms with Crippen LogP contribution in [0.15, 0.2) is 17.6 Å². The minimum absolute atomic E-state index is 0.654. The number of hydrogen-bond donors (Lipinski definition) is 0. The van der Waals surface area contributed by atoms with E-state index in [1.54, 1.807) is 17.5 Å². The zero-order chi connectivity index (χ0) is 16.3. The van der Waals surface area contributed by atoms with Gasteiger partial charge in [0.25, 0.3) is 0 Å². The highest BCUT2D eigenvalue weighted by molar-refractivity contribution is 7.17. The number of hydrogen-bond acceptors (Lipinski definition) is 5. The first-order chi connectivity index (χ1) is 11.8. The van der Waals surface area contributed by atoms with E-state index in [4.69, 9.17) is 4.98 Å². The van der Waals surface area contributed by atoms with Crippen molar-refractivity contribution in [1.29, 1.82) is 5.26 Å². The van der Waals surface area contributed by atoms with Crippen LogP contribution in [-0.4, -0.2) is 21.1 Å². The summed E-state index contributed by atoms with van der Waals surface area (Å²) < 4.78 is 3.42. The predicted molar refractivity (Wildman–Crippen MR) is 94.3 cm³/mol. The summed E-state index contributed by atoms with van der Waals surface area (Å²) >= 11 is 1.66. The second kappa shape index (κ2) is 5.05. The lowest BCUT2D eigenvalue weighted by Crippen LogP contribution is -2.31. The van der Waals surface area contributed by atoms with Gasteiger partial charge in [-0.2, -0.15) is 5.26 Å². The van der Waals surface area contributed by atoms with E-state index in [2.05, 4.69) is 27.6 Å². The molecule has 0 bridgehead atoms. The highest BCUT2D eigenvalue weighted by Crippen LogP contribution is 2.41. The van der Waals surface area contributed by atoms with Gasteiger partial charge in [0.1, 0.15) is 17.7 Å². The number of rotatable bonds is 2. The van der Waals surface area contributed by atoms with Gasteiger partial charge in [-0.15, -0.1) is 11.3 Å². The molecule has 1 aliphatic carbocycles. The Hall–Kier alpha value is -2.39. The van der Waals surface area contributed by atoms with Crippen molar-refractivity contribution < 1.29 is 0 Å². The molecule has 0 N–H and O–H groups in total. The van der Waals surface area contributed by atoms with Crippen LogP contribution in [0.1, 0.15) is 41.5 Å². The molecular formula is C18H17N5S. The first kappa shape index (κ1) is 14.0. The molecule has 3 aromatic rings. The van der Waals surface area contributed by atoms with E-state index in [-0.39, 0.29) is 0 Å². The van der Waals surface area contributed by atoms with Crippen LogP contribution in [0.3, 0.4) is 0 Å².